The van der Waals surface area contributed by atoms with Gasteiger partial charge in [-0.1, -0.05) is 18.2 Å². The van der Waals surface area contributed by atoms with Gasteiger partial charge < -0.3 is 15.5 Å². The molecule has 1 saturated heterocycles. The molecule has 0 saturated carbocycles. The monoisotopic (exact) mass is 419 g/mol. The molecule has 2 N–H and O–H groups in total. The van der Waals surface area contributed by atoms with E-state index < -0.39 is 0 Å². The second kappa shape index (κ2) is 9.89. The summed E-state index contributed by atoms with van der Waals surface area (Å²) in [6.45, 7) is 7.75. The van der Waals surface area contributed by atoms with Gasteiger partial charge in [0.1, 0.15) is 0 Å². The molecule has 2 aromatic rings. The minimum atomic E-state index is -0.183. The van der Waals surface area contributed by atoms with Crippen LogP contribution in [0.15, 0.2) is 30.6 Å². The molecule has 1 aromatic heterocycles. The highest BCUT2D eigenvalue weighted by molar-refractivity contribution is 5.96. The summed E-state index contributed by atoms with van der Waals surface area (Å²) in [5.41, 5.74) is 3.91. The van der Waals surface area contributed by atoms with Crippen LogP contribution in [0.5, 0.6) is 0 Å². The van der Waals surface area contributed by atoms with Crippen molar-refractivity contribution in [3.05, 3.63) is 47.3 Å². The van der Waals surface area contributed by atoms with Crippen LogP contribution in [0.25, 0.3) is 0 Å². The van der Waals surface area contributed by atoms with Crippen molar-refractivity contribution in [2.45, 2.75) is 26.7 Å². The molecule has 0 radical (unpaired) electrons. The van der Waals surface area contributed by atoms with Gasteiger partial charge >= 0.3 is 0 Å². The van der Waals surface area contributed by atoms with Crippen LogP contribution in [0.1, 0.15) is 29.5 Å². The Morgan fingerprint density at radius 3 is 2.55 bits per heavy atom. The van der Waals surface area contributed by atoms with E-state index in [0.29, 0.717) is 13.1 Å². The number of hydrogen-bond donors (Lipinski definition) is 2. The number of nitrogens with zero attached hydrogens (tertiary/aromatic N) is 3. The van der Waals surface area contributed by atoms with Crippen molar-refractivity contribution in [1.82, 2.24) is 20.0 Å². The van der Waals surface area contributed by atoms with E-state index >= 15 is 0 Å². The average Bonchev–Trinajstić information content (AvgIpc) is 3.31. The fourth-order valence-corrected chi connectivity index (χ4v) is 3.86. The Balaban J connectivity index is 0.00000300. The molecular weight excluding hydrogens is 390 g/mol. The van der Waals surface area contributed by atoms with E-state index in [1.807, 2.05) is 58.4 Å². The van der Waals surface area contributed by atoms with Gasteiger partial charge in [-0.2, -0.15) is 5.10 Å². The highest BCUT2D eigenvalue weighted by Crippen LogP contribution is 2.29. The standard InChI is InChI=1S/C21H29N5O2.ClH/c1-5-26(13-19(27)24-20-14(2)7-6-8-15(20)3)21(28)18-11-22-10-17(18)16-9-23-25(4)12-16;/h6-9,12,17-18,22H,5,10-11,13H2,1-4H3,(H,24,27);1H/t17-,18+;/m1./s1. The number of aromatic nitrogens is 2. The van der Waals surface area contributed by atoms with Crippen LogP contribution < -0.4 is 10.6 Å². The predicted molar refractivity (Wildman–Crippen MR) is 116 cm³/mol. The first-order chi connectivity index (χ1) is 13.4. The van der Waals surface area contributed by atoms with E-state index in [1.165, 1.54) is 0 Å². The Hall–Kier alpha value is -2.38. The van der Waals surface area contributed by atoms with Crippen molar-refractivity contribution in [2.75, 3.05) is 31.5 Å². The second-order valence-corrected chi connectivity index (χ2v) is 7.49. The Morgan fingerprint density at radius 2 is 1.97 bits per heavy atom. The Labute approximate surface area is 178 Å². The molecule has 2 atom stereocenters. The molecule has 1 aromatic carbocycles. The lowest BCUT2D eigenvalue weighted by molar-refractivity contribution is -0.138. The molecule has 0 bridgehead atoms. The highest BCUT2D eigenvalue weighted by atomic mass is 35.5. The molecule has 0 unspecified atom stereocenters. The minimum absolute atomic E-state index is 0. The first-order valence-corrected chi connectivity index (χ1v) is 9.74. The van der Waals surface area contributed by atoms with E-state index in [9.17, 15) is 9.59 Å². The van der Waals surface area contributed by atoms with E-state index in [-0.39, 0.29) is 42.6 Å². The van der Waals surface area contributed by atoms with Gasteiger partial charge in [-0.25, -0.2) is 0 Å². The average molecular weight is 420 g/mol. The summed E-state index contributed by atoms with van der Waals surface area (Å²) in [5, 5.41) is 10.5. The molecule has 158 valence electrons. The number of carbonyl (C=O) groups excluding carboxylic acids is 2. The lowest BCUT2D eigenvalue weighted by Crippen LogP contribution is -2.43. The minimum Gasteiger partial charge on any atom is -0.333 e. The van der Waals surface area contributed by atoms with Gasteiger partial charge in [-0.05, 0) is 37.5 Å². The van der Waals surface area contributed by atoms with Gasteiger partial charge in [0.05, 0.1) is 18.7 Å². The third-order valence-corrected chi connectivity index (χ3v) is 5.46. The van der Waals surface area contributed by atoms with Gasteiger partial charge in [-0.3, -0.25) is 14.3 Å². The fraction of sp³-hybridized carbons (Fsp3) is 0.476. The van der Waals surface area contributed by atoms with Crippen molar-refractivity contribution in [3.63, 3.8) is 0 Å². The number of halogens is 1. The summed E-state index contributed by atoms with van der Waals surface area (Å²) in [6.07, 6.45) is 3.78. The van der Waals surface area contributed by atoms with Gasteiger partial charge in [-0.15, -0.1) is 12.4 Å². The normalized spacial score (nSPS) is 18.2. The summed E-state index contributed by atoms with van der Waals surface area (Å²) in [6, 6.07) is 5.90. The third kappa shape index (κ3) is 5.16. The van der Waals surface area contributed by atoms with Gasteiger partial charge in [0.15, 0.2) is 0 Å². The number of anilines is 1. The predicted octanol–water partition coefficient (Wildman–Crippen LogP) is 2.25. The number of para-hydroxylation sites is 1. The first-order valence-electron chi connectivity index (χ1n) is 9.74. The summed E-state index contributed by atoms with van der Waals surface area (Å²) >= 11 is 0. The molecule has 2 heterocycles. The molecule has 29 heavy (non-hydrogen) atoms. The van der Waals surface area contributed by atoms with Crippen LogP contribution in [0.3, 0.4) is 0 Å². The lowest BCUT2D eigenvalue weighted by Gasteiger charge is -2.26. The topological polar surface area (TPSA) is 79.3 Å². The smallest absolute Gasteiger partial charge is 0.244 e. The maximum absolute atomic E-state index is 13.2. The molecule has 1 aliphatic heterocycles. The van der Waals surface area contributed by atoms with Crippen molar-refractivity contribution < 1.29 is 9.59 Å². The molecule has 1 fully saturated rings. The zero-order valence-corrected chi connectivity index (χ0v) is 18.3. The molecule has 3 rings (SSSR count). The van der Waals surface area contributed by atoms with Gasteiger partial charge in [0.2, 0.25) is 11.8 Å². The van der Waals surface area contributed by atoms with Crippen molar-refractivity contribution in [1.29, 1.82) is 0 Å². The number of aryl methyl sites for hydroxylation is 3. The lowest BCUT2D eigenvalue weighted by atomic mass is 9.90. The van der Waals surface area contributed by atoms with Crippen LogP contribution in [0.2, 0.25) is 0 Å². The van der Waals surface area contributed by atoms with Crippen LogP contribution in [-0.2, 0) is 16.6 Å². The fourth-order valence-electron chi connectivity index (χ4n) is 3.86. The summed E-state index contributed by atoms with van der Waals surface area (Å²) < 4.78 is 1.75. The molecule has 0 spiro atoms. The number of rotatable bonds is 6. The number of amides is 2. The van der Waals surface area contributed by atoms with Crippen LogP contribution in [0, 0.1) is 19.8 Å². The molecule has 0 aliphatic carbocycles. The maximum Gasteiger partial charge on any atom is 0.244 e. The van der Waals surface area contributed by atoms with Crippen LogP contribution in [0.4, 0.5) is 5.69 Å². The van der Waals surface area contributed by atoms with Gasteiger partial charge in [0, 0.05) is 44.5 Å². The van der Waals surface area contributed by atoms with E-state index in [4.69, 9.17) is 0 Å². The molecular formula is C21H30ClN5O2. The zero-order valence-electron chi connectivity index (χ0n) is 17.4. The summed E-state index contributed by atoms with van der Waals surface area (Å²) in [5.74, 6) is -0.261. The van der Waals surface area contributed by atoms with E-state index in [1.54, 1.807) is 9.58 Å². The Bertz CT molecular complexity index is 846. The van der Waals surface area contributed by atoms with Crippen LogP contribution in [-0.4, -0.2) is 52.7 Å². The van der Waals surface area contributed by atoms with Crippen molar-refractivity contribution in [2.24, 2.45) is 13.0 Å². The number of hydrogen-bond acceptors (Lipinski definition) is 4. The zero-order chi connectivity index (χ0) is 20.3. The molecule has 8 heteroatoms. The quantitative estimate of drug-likeness (QED) is 0.752. The number of carbonyl (C=O) groups is 2. The Kier molecular flexibility index (Phi) is 7.81. The third-order valence-electron chi connectivity index (χ3n) is 5.46. The number of nitrogens with one attached hydrogen (secondary N) is 2. The largest absolute Gasteiger partial charge is 0.333 e. The molecule has 7 nitrogen and oxygen atoms in total. The van der Waals surface area contributed by atoms with E-state index in [2.05, 4.69) is 15.7 Å². The van der Waals surface area contributed by atoms with Crippen molar-refractivity contribution >= 4 is 29.9 Å². The second-order valence-electron chi connectivity index (χ2n) is 7.49. The van der Waals surface area contributed by atoms with E-state index in [0.717, 1.165) is 28.9 Å². The molecule has 2 amide bonds. The molecule has 1 aliphatic rings. The highest BCUT2D eigenvalue weighted by Gasteiger charge is 2.37. The number of likely N-dealkylation sites (N-methyl/N-ethyl adjacent to an activating group) is 1. The Morgan fingerprint density at radius 1 is 1.28 bits per heavy atom. The SMILES string of the molecule is CCN(CC(=O)Nc1c(C)cccc1C)C(=O)[C@H]1CNC[C@@H]1c1cnn(C)c1.Cl. The summed E-state index contributed by atoms with van der Waals surface area (Å²) in [7, 11) is 1.87. The van der Waals surface area contributed by atoms with Gasteiger partial charge in [0.25, 0.3) is 0 Å². The van der Waals surface area contributed by atoms with Crippen LogP contribution >= 0.6 is 12.4 Å². The first kappa shape index (κ1) is 22.9. The number of benzene rings is 1. The maximum atomic E-state index is 13.2. The summed E-state index contributed by atoms with van der Waals surface area (Å²) in [4.78, 5) is 27.4. The van der Waals surface area contributed by atoms with Crippen molar-refractivity contribution in [3.8, 4) is 0 Å².